The van der Waals surface area contributed by atoms with E-state index < -0.39 is 0 Å². The summed E-state index contributed by atoms with van der Waals surface area (Å²) < 4.78 is 0. The highest BCUT2D eigenvalue weighted by Gasteiger charge is 2.26. The van der Waals surface area contributed by atoms with Crippen LogP contribution in [0.5, 0.6) is 0 Å². The van der Waals surface area contributed by atoms with Gasteiger partial charge >= 0.3 is 0 Å². The van der Waals surface area contributed by atoms with Crippen molar-refractivity contribution in [3.63, 3.8) is 0 Å². The number of rotatable bonds is 0. The molecule has 0 radical (unpaired) electrons. The van der Waals surface area contributed by atoms with Crippen LogP contribution in [0.2, 0.25) is 0 Å². The summed E-state index contributed by atoms with van der Waals surface area (Å²) in [6.07, 6.45) is 14.2. The average molecular weight is 267 g/mol. The lowest BCUT2D eigenvalue weighted by Gasteiger charge is -2.35. The van der Waals surface area contributed by atoms with Crippen molar-refractivity contribution < 1.29 is 0 Å². The van der Waals surface area contributed by atoms with Gasteiger partial charge in [-0.1, -0.05) is 75.6 Å². The summed E-state index contributed by atoms with van der Waals surface area (Å²) in [6.45, 7) is 0. The second kappa shape index (κ2) is 6.88. The number of fused-ring (bicyclic) bond motifs is 2. The number of benzene rings is 1. The highest BCUT2D eigenvalue weighted by atomic mass is 14.6. The van der Waals surface area contributed by atoms with Crippen LogP contribution in [0.1, 0.15) is 51.4 Å². The molecule has 0 atom stereocenters. The van der Waals surface area contributed by atoms with Crippen molar-refractivity contribution in [2.45, 2.75) is 51.4 Å². The van der Waals surface area contributed by atoms with Crippen LogP contribution in [0.15, 0.2) is 42.6 Å². The summed E-state index contributed by atoms with van der Waals surface area (Å²) in [5.74, 6) is 2.31. The fourth-order valence-corrected chi connectivity index (χ4v) is 3.87. The summed E-state index contributed by atoms with van der Waals surface area (Å²) in [5.41, 5.74) is 1.06. The van der Waals surface area contributed by atoms with Crippen LogP contribution in [0, 0.1) is 11.8 Å². The molecule has 2 aliphatic carbocycles. The van der Waals surface area contributed by atoms with Gasteiger partial charge in [-0.25, -0.2) is 0 Å². The zero-order valence-electron chi connectivity index (χ0n) is 12.3. The molecule has 20 heavy (non-hydrogen) atoms. The van der Waals surface area contributed by atoms with Gasteiger partial charge in [-0.2, -0.15) is 0 Å². The Hall–Kier alpha value is -1.37. The molecule has 2 aliphatic rings. The normalized spacial score (nSPS) is 25.4. The minimum atomic E-state index is 1.06. The molecule has 0 saturated heterocycles. The molecule has 0 aliphatic heterocycles. The van der Waals surface area contributed by atoms with Gasteiger partial charge in [0.15, 0.2) is 0 Å². The van der Waals surface area contributed by atoms with Crippen molar-refractivity contribution in [3.8, 4) is 0 Å². The smallest absolute Gasteiger partial charge is 0.0701 e. The lowest BCUT2D eigenvalue weighted by atomic mass is 9.71. The Morgan fingerprint density at radius 1 is 0.700 bits per heavy atom. The van der Waals surface area contributed by atoms with Gasteiger partial charge in [-0.15, -0.1) is 0 Å². The van der Waals surface area contributed by atoms with E-state index in [0.29, 0.717) is 0 Å². The van der Waals surface area contributed by atoms with Crippen molar-refractivity contribution in [2.75, 3.05) is 0 Å². The van der Waals surface area contributed by atoms with Gasteiger partial charge in [0, 0.05) is 11.6 Å². The first kappa shape index (κ1) is 13.6. The van der Waals surface area contributed by atoms with Gasteiger partial charge in [0.2, 0.25) is 0 Å². The van der Waals surface area contributed by atoms with E-state index in [1.54, 1.807) is 25.7 Å². The maximum atomic E-state index is 4.18. The van der Waals surface area contributed by atoms with E-state index in [9.17, 15) is 0 Å². The topological polar surface area (TPSA) is 12.9 Å². The summed E-state index contributed by atoms with van der Waals surface area (Å²) in [4.78, 5) is 4.18. The van der Waals surface area contributed by atoms with E-state index in [4.69, 9.17) is 0 Å². The van der Waals surface area contributed by atoms with Crippen LogP contribution < -0.4 is 0 Å². The fraction of sp³-hybridized carbons (Fsp3) is 0.526. The molecule has 0 unspecified atom stereocenters. The van der Waals surface area contributed by atoms with Crippen molar-refractivity contribution in [1.29, 1.82) is 0 Å². The van der Waals surface area contributed by atoms with E-state index in [1.807, 2.05) is 30.5 Å². The first-order valence-electron chi connectivity index (χ1n) is 8.23. The van der Waals surface area contributed by atoms with Crippen molar-refractivity contribution in [2.24, 2.45) is 11.8 Å². The summed E-state index contributed by atoms with van der Waals surface area (Å²) in [7, 11) is 0. The third kappa shape index (κ3) is 3.39. The molecule has 4 rings (SSSR count). The maximum Gasteiger partial charge on any atom is 0.0701 e. The van der Waals surface area contributed by atoms with Gasteiger partial charge in [-0.3, -0.25) is 4.98 Å². The predicted octanol–water partition coefficient (Wildman–Crippen LogP) is 5.60. The zero-order chi connectivity index (χ0) is 13.6. The van der Waals surface area contributed by atoms with Crippen LogP contribution in [0.3, 0.4) is 0 Å². The Morgan fingerprint density at radius 3 is 1.85 bits per heavy atom. The summed E-state index contributed by atoms with van der Waals surface area (Å²) in [6, 6.07) is 12.1. The standard InChI is InChI=1S/C10H18.C9H7N/c1-2-6-10-8-4-3-7-9(10)5-1;1-2-6-9-8(4-1)5-3-7-10-9/h9-10H,1-8H2;1-7H. The molecular weight excluding hydrogens is 242 g/mol. The molecule has 106 valence electrons. The molecule has 2 aromatic rings. The molecular formula is C19H25N. The molecule has 1 heteroatoms. The second-order valence-corrected chi connectivity index (χ2v) is 6.29. The van der Waals surface area contributed by atoms with Crippen molar-refractivity contribution in [3.05, 3.63) is 42.6 Å². The summed E-state index contributed by atoms with van der Waals surface area (Å²) >= 11 is 0. The van der Waals surface area contributed by atoms with Crippen LogP contribution in [-0.2, 0) is 0 Å². The van der Waals surface area contributed by atoms with Gasteiger partial charge in [0.05, 0.1) is 5.52 Å². The zero-order valence-corrected chi connectivity index (χ0v) is 12.3. The summed E-state index contributed by atoms with van der Waals surface area (Å²) in [5, 5.41) is 1.20. The number of hydrogen-bond acceptors (Lipinski definition) is 1. The lowest BCUT2D eigenvalue weighted by Crippen LogP contribution is -2.22. The fourth-order valence-electron chi connectivity index (χ4n) is 3.87. The Morgan fingerprint density at radius 2 is 1.25 bits per heavy atom. The van der Waals surface area contributed by atoms with Crippen LogP contribution in [-0.4, -0.2) is 4.98 Å². The van der Waals surface area contributed by atoms with Crippen LogP contribution >= 0.6 is 0 Å². The van der Waals surface area contributed by atoms with Crippen molar-refractivity contribution >= 4 is 10.9 Å². The molecule has 1 nitrogen and oxygen atoms in total. The van der Waals surface area contributed by atoms with Crippen molar-refractivity contribution in [1.82, 2.24) is 4.98 Å². The highest BCUT2D eigenvalue weighted by Crippen LogP contribution is 2.39. The Kier molecular flexibility index (Phi) is 4.68. The Labute approximate surface area is 122 Å². The molecule has 0 N–H and O–H groups in total. The SMILES string of the molecule is C1CCC2CCCCC2C1.c1ccc2ncccc2c1. The van der Waals surface area contributed by atoms with E-state index >= 15 is 0 Å². The van der Waals surface area contributed by atoms with Gasteiger partial charge in [-0.05, 0) is 24.0 Å². The molecule has 1 aromatic carbocycles. The minimum Gasteiger partial charge on any atom is -0.256 e. The lowest BCUT2D eigenvalue weighted by molar-refractivity contribution is 0.171. The minimum absolute atomic E-state index is 1.06. The van der Waals surface area contributed by atoms with Gasteiger partial charge in [0.25, 0.3) is 0 Å². The number of para-hydroxylation sites is 1. The van der Waals surface area contributed by atoms with Crippen LogP contribution in [0.25, 0.3) is 10.9 Å². The van der Waals surface area contributed by atoms with E-state index in [2.05, 4.69) is 17.1 Å². The van der Waals surface area contributed by atoms with E-state index in [-0.39, 0.29) is 0 Å². The quantitative estimate of drug-likeness (QED) is 0.605. The number of nitrogens with zero attached hydrogens (tertiary/aromatic N) is 1. The third-order valence-electron chi connectivity index (χ3n) is 4.98. The monoisotopic (exact) mass is 267 g/mol. The van der Waals surface area contributed by atoms with Crippen LogP contribution in [0.4, 0.5) is 0 Å². The molecule has 0 bridgehead atoms. The Balaban J connectivity index is 0.000000121. The molecule has 1 heterocycles. The third-order valence-corrected chi connectivity index (χ3v) is 4.98. The molecule has 0 amide bonds. The Bertz CT molecular complexity index is 443. The molecule has 2 fully saturated rings. The van der Waals surface area contributed by atoms with E-state index in [0.717, 1.165) is 17.4 Å². The molecule has 1 aromatic heterocycles. The largest absolute Gasteiger partial charge is 0.256 e. The highest BCUT2D eigenvalue weighted by molar-refractivity contribution is 5.77. The number of pyridine rings is 1. The first-order valence-corrected chi connectivity index (χ1v) is 8.23. The number of aromatic nitrogens is 1. The maximum absolute atomic E-state index is 4.18. The molecule has 2 saturated carbocycles. The van der Waals surface area contributed by atoms with E-state index in [1.165, 1.54) is 31.1 Å². The molecule has 0 spiro atoms. The van der Waals surface area contributed by atoms with Gasteiger partial charge < -0.3 is 0 Å². The first-order chi connectivity index (χ1) is 9.93. The predicted molar refractivity (Wildman–Crippen MR) is 85.7 cm³/mol. The van der Waals surface area contributed by atoms with Gasteiger partial charge in [0.1, 0.15) is 0 Å². The number of hydrogen-bond donors (Lipinski definition) is 0. The second-order valence-electron chi connectivity index (χ2n) is 6.29. The average Bonchev–Trinajstić information content (AvgIpc) is 2.56.